The SMILES string of the molecule is Cc1[nH]c2ccccc2c1C(CN)Cc1cccc(O)c1. The van der Waals surface area contributed by atoms with Gasteiger partial charge in [0.25, 0.3) is 0 Å². The molecule has 0 bridgehead atoms. The number of phenols is 1. The second-order valence-electron chi connectivity index (χ2n) is 5.52. The molecule has 3 rings (SSSR count). The van der Waals surface area contributed by atoms with Gasteiger partial charge in [-0.2, -0.15) is 0 Å². The van der Waals surface area contributed by atoms with Crippen LogP contribution >= 0.6 is 0 Å². The van der Waals surface area contributed by atoms with Crippen LogP contribution in [0.1, 0.15) is 22.7 Å². The fraction of sp³-hybridized carbons (Fsp3) is 0.222. The summed E-state index contributed by atoms with van der Waals surface area (Å²) in [7, 11) is 0. The quantitative estimate of drug-likeness (QED) is 0.685. The Kier molecular flexibility index (Phi) is 3.67. The second kappa shape index (κ2) is 5.62. The molecule has 0 saturated carbocycles. The molecule has 21 heavy (non-hydrogen) atoms. The van der Waals surface area contributed by atoms with E-state index in [2.05, 4.69) is 30.1 Å². The van der Waals surface area contributed by atoms with Crippen molar-refractivity contribution >= 4 is 10.9 Å². The lowest BCUT2D eigenvalue weighted by molar-refractivity contribution is 0.474. The van der Waals surface area contributed by atoms with Crippen LogP contribution in [-0.2, 0) is 6.42 Å². The highest BCUT2D eigenvalue weighted by Gasteiger charge is 2.18. The van der Waals surface area contributed by atoms with Crippen LogP contribution in [-0.4, -0.2) is 16.6 Å². The molecule has 3 heteroatoms. The normalized spacial score (nSPS) is 12.7. The van der Waals surface area contributed by atoms with E-state index >= 15 is 0 Å². The third kappa shape index (κ3) is 2.65. The number of nitrogens with two attached hydrogens (primary N) is 1. The Morgan fingerprint density at radius 1 is 1.14 bits per heavy atom. The minimum Gasteiger partial charge on any atom is -0.508 e. The zero-order valence-electron chi connectivity index (χ0n) is 12.1. The van der Waals surface area contributed by atoms with E-state index in [4.69, 9.17) is 5.73 Å². The molecule has 0 aliphatic carbocycles. The summed E-state index contributed by atoms with van der Waals surface area (Å²) in [5.74, 6) is 0.543. The van der Waals surface area contributed by atoms with E-state index in [1.165, 1.54) is 16.6 Å². The first kappa shape index (κ1) is 13.7. The van der Waals surface area contributed by atoms with E-state index in [-0.39, 0.29) is 5.92 Å². The van der Waals surface area contributed by atoms with E-state index in [0.717, 1.165) is 17.5 Å². The first-order valence-electron chi connectivity index (χ1n) is 7.24. The van der Waals surface area contributed by atoms with Crippen molar-refractivity contribution in [1.82, 2.24) is 4.98 Å². The summed E-state index contributed by atoms with van der Waals surface area (Å²) in [6.45, 7) is 2.68. The van der Waals surface area contributed by atoms with Gasteiger partial charge in [-0.05, 0) is 49.2 Å². The molecule has 0 fully saturated rings. The molecule has 3 nitrogen and oxygen atoms in total. The number of hydrogen-bond acceptors (Lipinski definition) is 2. The molecule has 1 atom stereocenters. The average Bonchev–Trinajstić information content (AvgIpc) is 2.81. The van der Waals surface area contributed by atoms with Crippen LogP contribution in [0.25, 0.3) is 10.9 Å². The standard InChI is InChI=1S/C18H20N2O/c1-12-18(16-7-2-3-8-17(16)20-12)14(11-19)9-13-5-4-6-15(21)10-13/h2-8,10,14,20-21H,9,11,19H2,1H3. The minimum atomic E-state index is 0.239. The maximum absolute atomic E-state index is 9.62. The maximum atomic E-state index is 9.62. The van der Waals surface area contributed by atoms with Gasteiger partial charge in [-0.1, -0.05) is 30.3 Å². The van der Waals surface area contributed by atoms with E-state index in [9.17, 15) is 5.11 Å². The van der Waals surface area contributed by atoms with Gasteiger partial charge in [0, 0.05) is 22.5 Å². The summed E-state index contributed by atoms with van der Waals surface area (Å²) in [6.07, 6.45) is 0.827. The van der Waals surface area contributed by atoms with Crippen LogP contribution in [0, 0.1) is 6.92 Å². The molecule has 4 N–H and O–H groups in total. The predicted octanol–water partition coefficient (Wildman–Crippen LogP) is 3.47. The first-order valence-corrected chi connectivity index (χ1v) is 7.24. The molecule has 0 aliphatic heterocycles. The van der Waals surface area contributed by atoms with E-state index < -0.39 is 0 Å². The lowest BCUT2D eigenvalue weighted by Gasteiger charge is -2.16. The number of H-pyrrole nitrogens is 1. The molecule has 1 unspecified atom stereocenters. The van der Waals surface area contributed by atoms with Gasteiger partial charge in [-0.15, -0.1) is 0 Å². The van der Waals surface area contributed by atoms with Gasteiger partial charge < -0.3 is 15.8 Å². The van der Waals surface area contributed by atoms with Gasteiger partial charge in [0.1, 0.15) is 5.75 Å². The number of rotatable bonds is 4. The molecule has 1 heterocycles. The Bertz CT molecular complexity index is 761. The van der Waals surface area contributed by atoms with Crippen molar-refractivity contribution in [2.24, 2.45) is 5.73 Å². The maximum Gasteiger partial charge on any atom is 0.115 e. The van der Waals surface area contributed by atoms with Crippen molar-refractivity contribution in [3.05, 3.63) is 65.4 Å². The van der Waals surface area contributed by atoms with Gasteiger partial charge in [0.2, 0.25) is 0 Å². The molecular formula is C18H20N2O. The van der Waals surface area contributed by atoms with Crippen molar-refractivity contribution in [1.29, 1.82) is 0 Å². The molecule has 0 amide bonds. The first-order chi connectivity index (χ1) is 10.2. The summed E-state index contributed by atoms with van der Waals surface area (Å²) in [5, 5.41) is 10.9. The second-order valence-corrected chi connectivity index (χ2v) is 5.52. The fourth-order valence-corrected chi connectivity index (χ4v) is 3.10. The molecule has 1 aromatic heterocycles. The van der Waals surface area contributed by atoms with Crippen molar-refractivity contribution < 1.29 is 5.11 Å². The van der Waals surface area contributed by atoms with Crippen molar-refractivity contribution in [3.63, 3.8) is 0 Å². The number of aromatic nitrogens is 1. The molecule has 2 aromatic carbocycles. The molecule has 0 spiro atoms. The average molecular weight is 280 g/mol. The third-order valence-corrected chi connectivity index (χ3v) is 4.03. The summed E-state index contributed by atoms with van der Waals surface area (Å²) >= 11 is 0. The van der Waals surface area contributed by atoms with Crippen molar-refractivity contribution in [2.75, 3.05) is 6.54 Å². The summed E-state index contributed by atoms with van der Waals surface area (Å²) < 4.78 is 0. The van der Waals surface area contributed by atoms with Crippen LogP contribution in [0.3, 0.4) is 0 Å². The molecular weight excluding hydrogens is 260 g/mol. The Hall–Kier alpha value is -2.26. The van der Waals surface area contributed by atoms with E-state index in [1.54, 1.807) is 6.07 Å². The topological polar surface area (TPSA) is 62.0 Å². The van der Waals surface area contributed by atoms with Gasteiger partial charge >= 0.3 is 0 Å². The van der Waals surface area contributed by atoms with Crippen LogP contribution < -0.4 is 5.73 Å². The van der Waals surface area contributed by atoms with Crippen LogP contribution in [0.4, 0.5) is 0 Å². The number of nitrogens with one attached hydrogen (secondary N) is 1. The number of aryl methyl sites for hydroxylation is 1. The summed E-state index contributed by atoms with van der Waals surface area (Å²) in [4.78, 5) is 3.43. The highest BCUT2D eigenvalue weighted by atomic mass is 16.3. The zero-order chi connectivity index (χ0) is 14.8. The third-order valence-electron chi connectivity index (χ3n) is 4.03. The van der Waals surface area contributed by atoms with E-state index in [1.807, 2.05) is 24.3 Å². The molecule has 0 aliphatic rings. The van der Waals surface area contributed by atoms with Gasteiger partial charge in [-0.25, -0.2) is 0 Å². The number of fused-ring (bicyclic) bond motifs is 1. The minimum absolute atomic E-state index is 0.239. The van der Waals surface area contributed by atoms with Crippen molar-refractivity contribution in [3.8, 4) is 5.75 Å². The van der Waals surface area contributed by atoms with Gasteiger partial charge in [-0.3, -0.25) is 0 Å². The Morgan fingerprint density at radius 2 is 1.95 bits per heavy atom. The number of benzene rings is 2. The largest absolute Gasteiger partial charge is 0.508 e. The van der Waals surface area contributed by atoms with Gasteiger partial charge in [0.05, 0.1) is 0 Å². The number of phenolic OH excluding ortho intramolecular Hbond substituents is 1. The monoisotopic (exact) mass is 280 g/mol. The molecule has 0 radical (unpaired) electrons. The van der Waals surface area contributed by atoms with Crippen LogP contribution in [0.2, 0.25) is 0 Å². The molecule has 0 saturated heterocycles. The predicted molar refractivity (Wildman–Crippen MR) is 86.6 cm³/mol. The number of aromatic amines is 1. The lowest BCUT2D eigenvalue weighted by atomic mass is 9.90. The highest BCUT2D eigenvalue weighted by molar-refractivity contribution is 5.85. The summed E-state index contributed by atoms with van der Waals surface area (Å²) in [6, 6.07) is 15.7. The number of aromatic hydroxyl groups is 1. The highest BCUT2D eigenvalue weighted by Crippen LogP contribution is 2.31. The van der Waals surface area contributed by atoms with Crippen LogP contribution in [0.15, 0.2) is 48.5 Å². The fourth-order valence-electron chi connectivity index (χ4n) is 3.10. The van der Waals surface area contributed by atoms with Crippen LogP contribution in [0.5, 0.6) is 5.75 Å². The van der Waals surface area contributed by atoms with Crippen molar-refractivity contribution in [2.45, 2.75) is 19.3 Å². The number of para-hydroxylation sites is 1. The Morgan fingerprint density at radius 3 is 2.71 bits per heavy atom. The molecule has 3 aromatic rings. The van der Waals surface area contributed by atoms with E-state index in [0.29, 0.717) is 12.3 Å². The number of hydrogen-bond donors (Lipinski definition) is 3. The Labute approximate surface area is 124 Å². The van der Waals surface area contributed by atoms with Gasteiger partial charge in [0.15, 0.2) is 0 Å². The lowest BCUT2D eigenvalue weighted by Crippen LogP contribution is -2.15. The summed E-state index contributed by atoms with van der Waals surface area (Å²) in [5.41, 5.74) is 10.8. The zero-order valence-corrected chi connectivity index (χ0v) is 12.1. The Balaban J connectivity index is 2.00. The molecule has 108 valence electrons. The smallest absolute Gasteiger partial charge is 0.115 e.